The van der Waals surface area contributed by atoms with Crippen molar-refractivity contribution < 1.29 is 4.39 Å². The fourth-order valence-electron chi connectivity index (χ4n) is 3.20. The average molecular weight is 428 g/mol. The summed E-state index contributed by atoms with van der Waals surface area (Å²) >= 11 is 7.39. The van der Waals surface area contributed by atoms with E-state index in [-0.39, 0.29) is 17.4 Å². The molecule has 146 valence electrons. The molecule has 4 aromatic rings. The van der Waals surface area contributed by atoms with Gasteiger partial charge in [-0.25, -0.2) is 9.37 Å². The topological polar surface area (TPSA) is 65.1 Å². The lowest BCUT2D eigenvalue weighted by molar-refractivity contribution is 0.622. The van der Waals surface area contributed by atoms with Gasteiger partial charge in [0.05, 0.1) is 16.3 Å². The third kappa shape index (κ3) is 3.54. The van der Waals surface area contributed by atoms with Gasteiger partial charge in [0.15, 0.2) is 11.0 Å². The van der Waals surface area contributed by atoms with Crippen LogP contribution in [0.15, 0.2) is 58.6 Å². The number of halogens is 2. The molecule has 1 fully saturated rings. The number of aromatic nitrogens is 5. The van der Waals surface area contributed by atoms with Gasteiger partial charge in [0.25, 0.3) is 5.56 Å². The molecule has 6 nitrogen and oxygen atoms in total. The highest BCUT2D eigenvalue weighted by Crippen LogP contribution is 2.41. The van der Waals surface area contributed by atoms with Gasteiger partial charge in [-0.05, 0) is 37.1 Å². The molecular weight excluding hydrogens is 413 g/mol. The summed E-state index contributed by atoms with van der Waals surface area (Å²) < 4.78 is 17.7. The predicted molar refractivity (Wildman–Crippen MR) is 110 cm³/mol. The van der Waals surface area contributed by atoms with Crippen LogP contribution in [0.25, 0.3) is 17.0 Å². The van der Waals surface area contributed by atoms with Crippen LogP contribution in [0, 0.1) is 5.82 Å². The SMILES string of the molecule is O=c1cc(CSc2nnc(-c3ccccc3F)n2C2CC2)nc2ccc(Cl)cn12. The molecule has 29 heavy (non-hydrogen) atoms. The second kappa shape index (κ2) is 7.27. The van der Waals surface area contributed by atoms with Crippen LogP contribution in [0.4, 0.5) is 4.39 Å². The molecule has 0 N–H and O–H groups in total. The fourth-order valence-corrected chi connectivity index (χ4v) is 4.26. The first-order chi connectivity index (χ1) is 14.1. The van der Waals surface area contributed by atoms with Crippen LogP contribution in [-0.2, 0) is 5.75 Å². The zero-order chi connectivity index (χ0) is 20.0. The Morgan fingerprint density at radius 2 is 2.00 bits per heavy atom. The largest absolute Gasteiger partial charge is 0.299 e. The molecule has 1 aliphatic carbocycles. The Morgan fingerprint density at radius 1 is 1.17 bits per heavy atom. The molecule has 5 rings (SSSR count). The maximum Gasteiger partial charge on any atom is 0.258 e. The van der Waals surface area contributed by atoms with Crippen LogP contribution in [0.2, 0.25) is 5.02 Å². The Labute approximate surface area is 174 Å². The third-order valence-corrected chi connectivity index (χ3v) is 5.92. The van der Waals surface area contributed by atoms with E-state index in [1.807, 2.05) is 4.57 Å². The highest BCUT2D eigenvalue weighted by atomic mass is 35.5. The zero-order valence-electron chi connectivity index (χ0n) is 15.1. The van der Waals surface area contributed by atoms with Crippen molar-refractivity contribution in [2.24, 2.45) is 0 Å². The number of nitrogens with zero attached hydrogens (tertiary/aromatic N) is 5. The summed E-state index contributed by atoms with van der Waals surface area (Å²) in [6.45, 7) is 0. The number of rotatable bonds is 5. The Kier molecular flexibility index (Phi) is 4.60. The number of hydrogen-bond acceptors (Lipinski definition) is 5. The van der Waals surface area contributed by atoms with E-state index in [1.54, 1.807) is 36.5 Å². The van der Waals surface area contributed by atoms with Crippen molar-refractivity contribution in [3.05, 3.63) is 75.5 Å². The molecule has 0 saturated heterocycles. The number of hydrogen-bond donors (Lipinski definition) is 0. The van der Waals surface area contributed by atoms with Crippen LogP contribution in [-0.4, -0.2) is 24.1 Å². The third-order valence-electron chi connectivity index (χ3n) is 4.72. The summed E-state index contributed by atoms with van der Waals surface area (Å²) in [5.74, 6) is 0.673. The Balaban J connectivity index is 1.46. The molecular formula is C20H15ClFN5OS. The van der Waals surface area contributed by atoms with E-state index in [0.29, 0.717) is 38.7 Å². The van der Waals surface area contributed by atoms with Gasteiger partial charge in [0.1, 0.15) is 11.5 Å². The molecule has 3 aromatic heterocycles. The monoisotopic (exact) mass is 427 g/mol. The summed E-state index contributed by atoms with van der Waals surface area (Å²) in [7, 11) is 0. The lowest BCUT2D eigenvalue weighted by Gasteiger charge is -2.09. The zero-order valence-corrected chi connectivity index (χ0v) is 16.7. The molecule has 0 aliphatic heterocycles. The summed E-state index contributed by atoms with van der Waals surface area (Å²) in [6, 6.07) is 11.8. The van der Waals surface area contributed by atoms with Gasteiger partial charge in [0, 0.05) is 24.1 Å². The first-order valence-electron chi connectivity index (χ1n) is 9.10. The Morgan fingerprint density at radius 3 is 2.79 bits per heavy atom. The molecule has 3 heterocycles. The smallest absolute Gasteiger partial charge is 0.258 e. The van der Waals surface area contributed by atoms with Gasteiger partial charge in [-0.2, -0.15) is 0 Å². The van der Waals surface area contributed by atoms with E-state index in [4.69, 9.17) is 11.6 Å². The molecule has 0 bridgehead atoms. The van der Waals surface area contributed by atoms with Crippen LogP contribution in [0.5, 0.6) is 0 Å². The van der Waals surface area contributed by atoms with Crippen molar-refractivity contribution in [1.82, 2.24) is 24.1 Å². The van der Waals surface area contributed by atoms with Crippen molar-refractivity contribution in [1.29, 1.82) is 0 Å². The molecule has 0 amide bonds. The predicted octanol–water partition coefficient (Wildman–Crippen LogP) is 4.37. The van der Waals surface area contributed by atoms with Crippen LogP contribution in [0.3, 0.4) is 0 Å². The van der Waals surface area contributed by atoms with Crippen molar-refractivity contribution in [3.63, 3.8) is 0 Å². The van der Waals surface area contributed by atoms with E-state index in [1.165, 1.54) is 28.3 Å². The Hall–Kier alpha value is -2.71. The second-order valence-corrected chi connectivity index (χ2v) is 8.22. The Bertz CT molecular complexity index is 1280. The number of pyridine rings is 1. The van der Waals surface area contributed by atoms with Crippen molar-refractivity contribution in [2.75, 3.05) is 0 Å². The minimum atomic E-state index is -0.318. The molecule has 1 aromatic carbocycles. The van der Waals surface area contributed by atoms with E-state index < -0.39 is 0 Å². The first-order valence-corrected chi connectivity index (χ1v) is 10.5. The molecule has 0 radical (unpaired) electrons. The quantitative estimate of drug-likeness (QED) is 0.442. The van der Waals surface area contributed by atoms with Crippen LogP contribution < -0.4 is 5.56 Å². The first kappa shape index (κ1) is 18.3. The van der Waals surface area contributed by atoms with Gasteiger partial charge in [-0.15, -0.1) is 10.2 Å². The maximum atomic E-state index is 14.3. The number of benzene rings is 1. The number of thioether (sulfide) groups is 1. The standard InChI is InChI=1S/C20H15ClFN5OS/c21-12-5-8-17-23-13(9-18(28)26(17)10-12)11-29-20-25-24-19(27(20)14-6-7-14)15-3-1-2-4-16(15)22/h1-5,8-10,14H,6-7,11H2. The maximum absolute atomic E-state index is 14.3. The summed E-state index contributed by atoms with van der Waals surface area (Å²) in [5.41, 5.74) is 1.43. The molecule has 0 atom stereocenters. The highest BCUT2D eigenvalue weighted by molar-refractivity contribution is 7.98. The summed E-state index contributed by atoms with van der Waals surface area (Å²) in [5, 5.41) is 9.71. The lowest BCUT2D eigenvalue weighted by atomic mass is 10.2. The minimum absolute atomic E-state index is 0.191. The average Bonchev–Trinajstić information content (AvgIpc) is 3.47. The normalized spacial score (nSPS) is 13.9. The van der Waals surface area contributed by atoms with Crippen LogP contribution >= 0.6 is 23.4 Å². The molecule has 9 heteroatoms. The van der Waals surface area contributed by atoms with E-state index in [0.717, 1.165) is 12.8 Å². The van der Waals surface area contributed by atoms with Crippen molar-refractivity contribution in [2.45, 2.75) is 29.8 Å². The van der Waals surface area contributed by atoms with E-state index >= 15 is 0 Å². The van der Waals surface area contributed by atoms with Crippen molar-refractivity contribution in [3.8, 4) is 11.4 Å². The van der Waals surface area contributed by atoms with Gasteiger partial charge >= 0.3 is 0 Å². The van der Waals surface area contributed by atoms with Gasteiger partial charge < -0.3 is 0 Å². The van der Waals surface area contributed by atoms with Gasteiger partial charge in [-0.3, -0.25) is 13.8 Å². The summed E-state index contributed by atoms with van der Waals surface area (Å²) in [6.07, 6.45) is 3.58. The highest BCUT2D eigenvalue weighted by Gasteiger charge is 2.31. The van der Waals surface area contributed by atoms with E-state index in [2.05, 4.69) is 15.2 Å². The number of fused-ring (bicyclic) bond motifs is 1. The molecule has 0 unspecified atom stereocenters. The summed E-state index contributed by atoms with van der Waals surface area (Å²) in [4.78, 5) is 16.9. The van der Waals surface area contributed by atoms with Crippen LogP contribution in [0.1, 0.15) is 24.6 Å². The van der Waals surface area contributed by atoms with Gasteiger partial charge in [-0.1, -0.05) is 35.5 Å². The molecule has 1 saturated carbocycles. The lowest BCUT2D eigenvalue weighted by Crippen LogP contribution is -2.15. The van der Waals surface area contributed by atoms with E-state index in [9.17, 15) is 9.18 Å². The molecule has 0 spiro atoms. The minimum Gasteiger partial charge on any atom is -0.299 e. The van der Waals surface area contributed by atoms with Gasteiger partial charge in [0.2, 0.25) is 0 Å². The fraction of sp³-hybridized carbons (Fsp3) is 0.200. The van der Waals surface area contributed by atoms with Crippen molar-refractivity contribution >= 4 is 29.0 Å². The molecule has 1 aliphatic rings. The second-order valence-electron chi connectivity index (χ2n) is 6.84.